The molecule has 0 amide bonds. The number of nitrogens with zero attached hydrogens (tertiary/aromatic N) is 3. The average Bonchev–Trinajstić information content (AvgIpc) is 2.75. The highest BCUT2D eigenvalue weighted by Gasteiger charge is 2.11. The summed E-state index contributed by atoms with van der Waals surface area (Å²) in [5.74, 6) is -0.0592. The van der Waals surface area contributed by atoms with Gasteiger partial charge in [-0.25, -0.2) is 4.68 Å². The van der Waals surface area contributed by atoms with Gasteiger partial charge in [-0.2, -0.15) is 10.4 Å². The van der Waals surface area contributed by atoms with Crippen LogP contribution in [0.3, 0.4) is 0 Å². The van der Waals surface area contributed by atoms with Crippen molar-refractivity contribution < 1.29 is 4.79 Å². The normalized spacial score (nSPS) is 9.94. The van der Waals surface area contributed by atoms with E-state index in [1.807, 2.05) is 6.07 Å². The van der Waals surface area contributed by atoms with Gasteiger partial charge in [-0.3, -0.25) is 4.79 Å². The minimum Gasteiger partial charge on any atom is -0.294 e. The maximum absolute atomic E-state index is 11.5. The summed E-state index contributed by atoms with van der Waals surface area (Å²) in [4.78, 5) is 11.5. The molecule has 0 radical (unpaired) electrons. The van der Waals surface area contributed by atoms with Gasteiger partial charge in [0.05, 0.1) is 28.0 Å². The third-order valence-electron chi connectivity index (χ3n) is 2.30. The topological polar surface area (TPSA) is 58.7 Å². The molecule has 2 rings (SSSR count). The molecule has 0 bridgehead atoms. The van der Waals surface area contributed by atoms with E-state index in [1.54, 1.807) is 35.3 Å². The lowest BCUT2D eigenvalue weighted by Crippen LogP contribution is -2.04. The van der Waals surface area contributed by atoms with E-state index in [9.17, 15) is 4.79 Å². The first-order valence-electron chi connectivity index (χ1n) is 4.87. The summed E-state index contributed by atoms with van der Waals surface area (Å²) in [6, 6.07) is 6.96. The van der Waals surface area contributed by atoms with Crippen molar-refractivity contribution in [3.8, 4) is 11.8 Å². The highest BCUT2D eigenvalue weighted by atomic mass is 79.9. The molecule has 0 saturated carbocycles. The minimum absolute atomic E-state index is 0.0592. The molecule has 4 nitrogen and oxygen atoms in total. The molecule has 5 heteroatoms. The summed E-state index contributed by atoms with van der Waals surface area (Å²) in [5, 5.41) is 13.0. The molecule has 0 fully saturated rings. The first-order chi connectivity index (χ1) is 8.11. The fourth-order valence-corrected chi connectivity index (χ4v) is 1.81. The number of hydrogen-bond donors (Lipinski definition) is 0. The second-order valence-corrected chi connectivity index (χ2v) is 4.42. The molecule has 0 spiro atoms. The Morgan fingerprint density at radius 2 is 2.29 bits per heavy atom. The number of benzene rings is 1. The Balaban J connectivity index is 2.65. The van der Waals surface area contributed by atoms with Crippen molar-refractivity contribution in [3.05, 3.63) is 46.2 Å². The molecule has 0 aliphatic heterocycles. The predicted molar refractivity (Wildman–Crippen MR) is 66.0 cm³/mol. The number of halogens is 1. The van der Waals surface area contributed by atoms with E-state index in [0.717, 1.165) is 4.47 Å². The molecule has 0 atom stereocenters. The van der Waals surface area contributed by atoms with Gasteiger partial charge >= 0.3 is 0 Å². The van der Waals surface area contributed by atoms with E-state index < -0.39 is 0 Å². The van der Waals surface area contributed by atoms with Crippen LogP contribution in [0.1, 0.15) is 22.8 Å². The molecule has 0 aliphatic rings. The van der Waals surface area contributed by atoms with E-state index in [4.69, 9.17) is 5.26 Å². The highest BCUT2D eigenvalue weighted by molar-refractivity contribution is 9.10. The summed E-state index contributed by atoms with van der Waals surface area (Å²) in [6.07, 6.45) is 3.37. The molecular formula is C12H8BrN3O. The third-order valence-corrected chi connectivity index (χ3v) is 2.71. The summed E-state index contributed by atoms with van der Waals surface area (Å²) in [7, 11) is 0. The maximum atomic E-state index is 11.5. The molecule has 2 aromatic rings. The van der Waals surface area contributed by atoms with Crippen LogP contribution in [0.2, 0.25) is 0 Å². The Morgan fingerprint density at radius 3 is 2.82 bits per heavy atom. The monoisotopic (exact) mass is 289 g/mol. The molecule has 17 heavy (non-hydrogen) atoms. The summed E-state index contributed by atoms with van der Waals surface area (Å²) in [5.41, 5.74) is 1.65. The van der Waals surface area contributed by atoms with Crippen LogP contribution >= 0.6 is 15.9 Å². The van der Waals surface area contributed by atoms with Crippen LogP contribution in [0.15, 0.2) is 35.1 Å². The molecular weight excluding hydrogens is 282 g/mol. The Morgan fingerprint density at radius 1 is 1.53 bits per heavy atom. The second-order valence-electron chi connectivity index (χ2n) is 3.50. The lowest BCUT2D eigenvalue weighted by atomic mass is 10.1. The largest absolute Gasteiger partial charge is 0.294 e. The average molecular weight is 290 g/mol. The standard InChI is InChI=1S/C12H8BrN3O/c1-8(17)11-3-2-9(5-14)4-12(11)16-7-10(13)6-15-16/h2-4,6-7H,1H3. The first-order valence-corrected chi connectivity index (χ1v) is 5.67. The number of Topliss-reactive ketones (excluding diaryl/α,β-unsaturated/α-hetero) is 1. The Bertz CT molecular complexity index is 625. The van der Waals surface area contributed by atoms with Crippen molar-refractivity contribution in [2.24, 2.45) is 0 Å². The van der Waals surface area contributed by atoms with Gasteiger partial charge in [-0.05, 0) is 41.1 Å². The number of aromatic nitrogens is 2. The number of hydrogen-bond acceptors (Lipinski definition) is 3. The van der Waals surface area contributed by atoms with Crippen LogP contribution in [0.25, 0.3) is 5.69 Å². The zero-order chi connectivity index (χ0) is 12.4. The van der Waals surface area contributed by atoms with Crippen LogP contribution in [-0.4, -0.2) is 15.6 Å². The van der Waals surface area contributed by atoms with Crippen molar-refractivity contribution in [2.75, 3.05) is 0 Å². The molecule has 0 aliphatic carbocycles. The smallest absolute Gasteiger partial charge is 0.161 e. The van der Waals surface area contributed by atoms with Crippen molar-refractivity contribution in [1.82, 2.24) is 9.78 Å². The highest BCUT2D eigenvalue weighted by Crippen LogP contribution is 2.19. The van der Waals surface area contributed by atoms with Crippen molar-refractivity contribution in [3.63, 3.8) is 0 Å². The molecule has 1 heterocycles. The molecule has 0 saturated heterocycles. The van der Waals surface area contributed by atoms with E-state index >= 15 is 0 Å². The number of rotatable bonds is 2. The van der Waals surface area contributed by atoms with Crippen LogP contribution in [-0.2, 0) is 0 Å². The molecule has 0 N–H and O–H groups in total. The van der Waals surface area contributed by atoms with Gasteiger partial charge in [0.2, 0.25) is 0 Å². The van der Waals surface area contributed by atoms with Crippen molar-refractivity contribution in [1.29, 1.82) is 5.26 Å². The molecule has 84 valence electrons. The summed E-state index contributed by atoms with van der Waals surface area (Å²) < 4.78 is 2.39. The van der Waals surface area contributed by atoms with Gasteiger partial charge in [0, 0.05) is 11.8 Å². The van der Waals surface area contributed by atoms with Gasteiger partial charge in [0.15, 0.2) is 5.78 Å². The summed E-state index contributed by atoms with van der Waals surface area (Å²) >= 11 is 3.29. The van der Waals surface area contributed by atoms with Gasteiger partial charge in [0.1, 0.15) is 0 Å². The van der Waals surface area contributed by atoms with Crippen molar-refractivity contribution >= 4 is 21.7 Å². The third kappa shape index (κ3) is 2.27. The SMILES string of the molecule is CC(=O)c1ccc(C#N)cc1-n1cc(Br)cn1. The number of carbonyl (C=O) groups excluding carboxylic acids is 1. The van der Waals surface area contributed by atoms with Crippen LogP contribution in [0.4, 0.5) is 0 Å². The maximum Gasteiger partial charge on any atom is 0.161 e. The van der Waals surface area contributed by atoms with Crippen molar-refractivity contribution in [2.45, 2.75) is 6.92 Å². The van der Waals surface area contributed by atoms with Crippen LogP contribution in [0.5, 0.6) is 0 Å². The number of ketones is 1. The van der Waals surface area contributed by atoms with Gasteiger partial charge in [-0.15, -0.1) is 0 Å². The van der Waals surface area contributed by atoms with Gasteiger partial charge < -0.3 is 0 Å². The van der Waals surface area contributed by atoms with E-state index in [-0.39, 0.29) is 5.78 Å². The lowest BCUT2D eigenvalue weighted by Gasteiger charge is -2.07. The van der Waals surface area contributed by atoms with E-state index in [2.05, 4.69) is 21.0 Å². The Kier molecular flexibility index (Phi) is 3.07. The minimum atomic E-state index is -0.0592. The Hall–Kier alpha value is -1.93. The van der Waals surface area contributed by atoms with E-state index in [1.165, 1.54) is 6.92 Å². The fraction of sp³-hybridized carbons (Fsp3) is 0.0833. The number of nitriles is 1. The molecule has 1 aromatic carbocycles. The molecule has 1 aromatic heterocycles. The van der Waals surface area contributed by atoms with Gasteiger partial charge in [-0.1, -0.05) is 0 Å². The van der Waals surface area contributed by atoms with E-state index in [0.29, 0.717) is 16.8 Å². The first kappa shape index (κ1) is 11.6. The zero-order valence-electron chi connectivity index (χ0n) is 9.01. The van der Waals surface area contributed by atoms with Crippen LogP contribution < -0.4 is 0 Å². The Labute approximate surface area is 107 Å². The summed E-state index contributed by atoms with van der Waals surface area (Å²) in [6.45, 7) is 1.49. The van der Waals surface area contributed by atoms with Gasteiger partial charge in [0.25, 0.3) is 0 Å². The quantitative estimate of drug-likeness (QED) is 0.799. The predicted octanol–water partition coefficient (Wildman–Crippen LogP) is 2.71. The molecule has 0 unspecified atom stereocenters. The van der Waals surface area contributed by atoms with Crippen LogP contribution in [0, 0.1) is 11.3 Å². The fourth-order valence-electron chi connectivity index (χ4n) is 1.52. The number of carbonyl (C=O) groups is 1. The zero-order valence-corrected chi connectivity index (χ0v) is 10.6. The lowest BCUT2D eigenvalue weighted by molar-refractivity contribution is 0.101. The second kappa shape index (κ2) is 4.52.